The average Bonchev–Trinajstić information content (AvgIpc) is 2.57. The fraction of sp³-hybridized carbons (Fsp3) is 0. The number of benzene rings is 1. The van der Waals surface area contributed by atoms with Crippen LogP contribution in [0.25, 0.3) is 10.1 Å². The van der Waals surface area contributed by atoms with E-state index < -0.39 is 7.12 Å². The second kappa shape index (κ2) is 3.76. The number of rotatable bonds is 1. The maximum atomic E-state index is 13.3. The fourth-order valence-electron chi connectivity index (χ4n) is 1.20. The lowest BCUT2D eigenvalue weighted by molar-refractivity contribution is 0.427. The Morgan fingerprint density at radius 1 is 1.36 bits per heavy atom. The Morgan fingerprint density at radius 3 is 2.64 bits per heavy atom. The minimum atomic E-state index is -1.53. The first-order valence-electron chi connectivity index (χ1n) is 3.83. The highest BCUT2D eigenvalue weighted by Crippen LogP contribution is 2.26. The summed E-state index contributed by atoms with van der Waals surface area (Å²) < 4.78 is 15.0. The molecule has 0 saturated carbocycles. The van der Waals surface area contributed by atoms with Crippen molar-refractivity contribution in [2.24, 2.45) is 0 Å². The van der Waals surface area contributed by atoms with Crippen molar-refractivity contribution in [3.05, 3.63) is 27.6 Å². The molecule has 0 spiro atoms. The highest BCUT2D eigenvalue weighted by Gasteiger charge is 2.17. The first-order chi connectivity index (χ1) is 6.59. The summed E-state index contributed by atoms with van der Waals surface area (Å²) in [4.78, 5) is 0. The third-order valence-corrected chi connectivity index (χ3v) is 3.98. The zero-order valence-electron chi connectivity index (χ0n) is 6.87. The van der Waals surface area contributed by atoms with Gasteiger partial charge in [0.2, 0.25) is 0 Å². The molecule has 6 heteroatoms. The zero-order chi connectivity index (χ0) is 10.3. The van der Waals surface area contributed by atoms with Crippen molar-refractivity contribution in [1.29, 1.82) is 0 Å². The Kier molecular flexibility index (Phi) is 2.78. The lowest BCUT2D eigenvalue weighted by Gasteiger charge is -1.93. The van der Waals surface area contributed by atoms with Gasteiger partial charge in [-0.15, -0.1) is 11.3 Å². The van der Waals surface area contributed by atoms with Gasteiger partial charge in [0.15, 0.2) is 0 Å². The highest BCUT2D eigenvalue weighted by atomic mass is 127. The molecule has 1 aromatic heterocycles. The molecule has 0 saturated heterocycles. The van der Waals surface area contributed by atoms with Gasteiger partial charge in [0.1, 0.15) is 5.82 Å². The molecule has 1 heterocycles. The lowest BCUT2D eigenvalue weighted by atomic mass is 9.89. The molecule has 72 valence electrons. The summed E-state index contributed by atoms with van der Waals surface area (Å²) in [5.74, 6) is -0.322. The predicted molar refractivity (Wildman–Crippen MR) is 64.3 cm³/mol. The number of thiophene rings is 1. The minimum absolute atomic E-state index is 0.322. The molecule has 2 rings (SSSR count). The van der Waals surface area contributed by atoms with Crippen molar-refractivity contribution >= 4 is 55.9 Å². The first-order valence-corrected chi connectivity index (χ1v) is 5.72. The van der Waals surface area contributed by atoms with E-state index >= 15 is 0 Å². The summed E-state index contributed by atoms with van der Waals surface area (Å²) in [7, 11) is -1.53. The third-order valence-electron chi connectivity index (χ3n) is 1.86. The molecule has 0 aliphatic carbocycles. The van der Waals surface area contributed by atoms with Crippen LogP contribution in [0.15, 0.2) is 18.2 Å². The van der Waals surface area contributed by atoms with Crippen LogP contribution in [0, 0.1) is 9.39 Å². The van der Waals surface area contributed by atoms with Crippen LogP contribution < -0.4 is 4.78 Å². The van der Waals surface area contributed by atoms with E-state index in [0.717, 1.165) is 20.3 Å². The van der Waals surface area contributed by atoms with Crippen LogP contribution in [0.4, 0.5) is 4.39 Å². The topological polar surface area (TPSA) is 40.5 Å². The van der Waals surface area contributed by atoms with E-state index in [1.807, 2.05) is 0 Å². The molecule has 0 amide bonds. The van der Waals surface area contributed by atoms with E-state index in [9.17, 15) is 4.39 Å². The van der Waals surface area contributed by atoms with Crippen molar-refractivity contribution in [2.75, 3.05) is 0 Å². The number of halogens is 2. The van der Waals surface area contributed by atoms with Gasteiger partial charge in [0, 0.05) is 13.7 Å². The van der Waals surface area contributed by atoms with Gasteiger partial charge in [0.25, 0.3) is 0 Å². The van der Waals surface area contributed by atoms with E-state index in [4.69, 9.17) is 10.0 Å². The summed E-state index contributed by atoms with van der Waals surface area (Å²) in [5.41, 5.74) is 0. The second-order valence-corrected chi connectivity index (χ2v) is 5.04. The zero-order valence-corrected chi connectivity index (χ0v) is 9.84. The molecule has 1 aromatic carbocycles. The maximum Gasteiger partial charge on any atom is 0.499 e. The van der Waals surface area contributed by atoms with Crippen molar-refractivity contribution in [2.45, 2.75) is 0 Å². The minimum Gasteiger partial charge on any atom is -0.423 e. The molecule has 0 fully saturated rings. The van der Waals surface area contributed by atoms with Gasteiger partial charge in [-0.05, 0) is 40.8 Å². The Labute approximate surface area is 97.7 Å². The summed E-state index contributed by atoms with van der Waals surface area (Å²) in [6, 6.07) is 4.65. The molecule has 0 aliphatic rings. The van der Waals surface area contributed by atoms with Crippen LogP contribution in [0.5, 0.6) is 0 Å². The Morgan fingerprint density at radius 2 is 2.07 bits per heavy atom. The molecule has 0 bridgehead atoms. The van der Waals surface area contributed by atoms with Crippen LogP contribution in [-0.4, -0.2) is 17.2 Å². The van der Waals surface area contributed by atoms with Gasteiger partial charge in [-0.25, -0.2) is 4.39 Å². The molecule has 2 nitrogen and oxygen atoms in total. The van der Waals surface area contributed by atoms with Gasteiger partial charge in [-0.1, -0.05) is 0 Å². The lowest BCUT2D eigenvalue weighted by Crippen LogP contribution is -2.26. The molecule has 0 atom stereocenters. The van der Waals surface area contributed by atoms with Crippen molar-refractivity contribution in [1.82, 2.24) is 0 Å². The standard InChI is InChI=1S/C8H5BFIO2S/c10-5-1-2-6(11)4-3-7(9(12)13)14-8(4)5/h1-3,12-13H. The largest absolute Gasteiger partial charge is 0.499 e. The highest BCUT2D eigenvalue weighted by molar-refractivity contribution is 14.1. The van der Waals surface area contributed by atoms with Gasteiger partial charge in [-0.2, -0.15) is 0 Å². The summed E-state index contributed by atoms with van der Waals surface area (Å²) >= 11 is 3.15. The van der Waals surface area contributed by atoms with Crippen LogP contribution >= 0.6 is 33.9 Å². The Hall–Kier alpha value is -0.175. The molecular formula is C8H5BFIO2S. The Balaban J connectivity index is 2.75. The third kappa shape index (κ3) is 1.67. The first kappa shape index (κ1) is 10.3. The van der Waals surface area contributed by atoms with Crippen LogP contribution in [0.3, 0.4) is 0 Å². The molecule has 2 N–H and O–H groups in total. The maximum absolute atomic E-state index is 13.3. The Bertz CT molecular complexity index is 446. The van der Waals surface area contributed by atoms with E-state index in [0.29, 0.717) is 9.48 Å². The van der Waals surface area contributed by atoms with E-state index in [1.54, 1.807) is 12.1 Å². The summed E-state index contributed by atoms with van der Waals surface area (Å²) in [6.07, 6.45) is 0. The van der Waals surface area contributed by atoms with Gasteiger partial charge < -0.3 is 10.0 Å². The fourth-order valence-corrected chi connectivity index (χ4v) is 2.95. The normalized spacial score (nSPS) is 10.9. The van der Waals surface area contributed by atoms with Gasteiger partial charge in [-0.3, -0.25) is 0 Å². The van der Waals surface area contributed by atoms with Gasteiger partial charge in [0.05, 0.1) is 4.70 Å². The predicted octanol–water partition coefficient (Wildman–Crippen LogP) is 1.32. The summed E-state index contributed by atoms with van der Waals surface area (Å²) in [6.45, 7) is 0. The molecule has 0 radical (unpaired) electrons. The molecule has 0 unspecified atom stereocenters. The molecule has 14 heavy (non-hydrogen) atoms. The van der Waals surface area contributed by atoms with E-state index in [1.165, 1.54) is 6.07 Å². The van der Waals surface area contributed by atoms with E-state index in [-0.39, 0.29) is 5.82 Å². The summed E-state index contributed by atoms with van der Waals surface area (Å²) in [5, 5.41) is 18.6. The quantitative estimate of drug-likeness (QED) is 0.614. The SMILES string of the molecule is OB(O)c1cc2c(I)ccc(F)c2s1. The van der Waals surface area contributed by atoms with Crippen molar-refractivity contribution < 1.29 is 14.4 Å². The van der Waals surface area contributed by atoms with E-state index in [2.05, 4.69) is 22.6 Å². The van der Waals surface area contributed by atoms with Crippen LogP contribution in [-0.2, 0) is 0 Å². The number of fused-ring (bicyclic) bond motifs is 1. The molecule has 0 aliphatic heterocycles. The second-order valence-electron chi connectivity index (χ2n) is 2.79. The monoisotopic (exact) mass is 322 g/mol. The van der Waals surface area contributed by atoms with Crippen molar-refractivity contribution in [3.8, 4) is 0 Å². The van der Waals surface area contributed by atoms with Crippen LogP contribution in [0.1, 0.15) is 0 Å². The molecular weight excluding hydrogens is 317 g/mol. The van der Waals surface area contributed by atoms with Crippen molar-refractivity contribution in [3.63, 3.8) is 0 Å². The van der Waals surface area contributed by atoms with Crippen LogP contribution in [0.2, 0.25) is 0 Å². The number of hydrogen-bond donors (Lipinski definition) is 2. The smallest absolute Gasteiger partial charge is 0.423 e. The average molecular weight is 322 g/mol. The number of hydrogen-bond acceptors (Lipinski definition) is 3. The van der Waals surface area contributed by atoms with Gasteiger partial charge >= 0.3 is 7.12 Å². The molecule has 2 aromatic rings.